The number of likely N-dealkylation sites (tertiary alicyclic amines) is 1. The number of hydrogen-bond donors (Lipinski definition) is 4. The maximum Gasteiger partial charge on any atom is 0.341 e. The third kappa shape index (κ3) is 9.19. The molecule has 0 radical (unpaired) electrons. The van der Waals surface area contributed by atoms with Gasteiger partial charge < -0.3 is 35.0 Å². The number of hydrogen-bond acceptors (Lipinski definition) is 7. The van der Waals surface area contributed by atoms with E-state index in [1.165, 1.54) is 0 Å². The molecule has 1 aliphatic rings. The quantitative estimate of drug-likeness (QED) is 0.248. The second-order valence-corrected chi connectivity index (χ2v) is 10.3. The molecule has 2 aromatic carbocycles. The Hall–Kier alpha value is -3.63. The van der Waals surface area contributed by atoms with E-state index in [0.29, 0.717) is 48.2 Å². The van der Waals surface area contributed by atoms with Crippen molar-refractivity contribution in [2.45, 2.75) is 90.2 Å². The predicted molar refractivity (Wildman–Crippen MR) is 152 cm³/mol. The van der Waals surface area contributed by atoms with Gasteiger partial charge in [-0.2, -0.15) is 0 Å². The molecule has 0 aromatic heterocycles. The first kappa shape index (κ1) is 31.9. The number of amides is 2. The molecule has 0 bridgehead atoms. The lowest BCUT2D eigenvalue weighted by Gasteiger charge is -2.36. The molecule has 0 unspecified atom stereocenters. The number of rotatable bonds is 14. The summed E-state index contributed by atoms with van der Waals surface area (Å²) < 4.78 is 11.4. The number of carboxylic acids is 1. The summed E-state index contributed by atoms with van der Waals surface area (Å²) in [5, 5.41) is 31.2. The molecular formula is C31H42N2O8. The first-order chi connectivity index (χ1) is 19.8. The largest absolute Gasteiger partial charge is 0.482 e. The maximum atomic E-state index is 13.6. The Labute approximate surface area is 241 Å². The van der Waals surface area contributed by atoms with Crippen molar-refractivity contribution in [3.05, 3.63) is 64.7 Å². The molecule has 2 amide bonds. The minimum Gasteiger partial charge on any atom is -0.482 e. The van der Waals surface area contributed by atoms with Crippen LogP contribution < -0.4 is 10.1 Å². The SMILES string of the molecule is CCC(CC)NC(=O)N1CCCC[C@H]1C(=O)O[C@H](CCc1ccc(CO)c(CO)c1)c1cccc(OCC(=O)O)c1. The number of urea groups is 1. The number of piperidine rings is 1. The van der Waals surface area contributed by atoms with Gasteiger partial charge in [-0.05, 0) is 79.3 Å². The number of ether oxygens (including phenoxy) is 2. The Morgan fingerprint density at radius 1 is 1.02 bits per heavy atom. The fourth-order valence-corrected chi connectivity index (χ4v) is 5.07. The topological polar surface area (TPSA) is 146 Å². The number of carbonyl (C=O) groups excluding carboxylic acids is 2. The van der Waals surface area contributed by atoms with E-state index >= 15 is 0 Å². The van der Waals surface area contributed by atoms with Gasteiger partial charge in [0.2, 0.25) is 0 Å². The summed E-state index contributed by atoms with van der Waals surface area (Å²) in [6, 6.07) is 11.3. The molecule has 10 nitrogen and oxygen atoms in total. The summed E-state index contributed by atoms with van der Waals surface area (Å²) in [6.45, 7) is 3.60. The fraction of sp³-hybridized carbons (Fsp3) is 0.516. The molecular weight excluding hydrogens is 528 g/mol. The lowest BCUT2D eigenvalue weighted by Crippen LogP contribution is -2.54. The Balaban J connectivity index is 1.83. The zero-order chi connectivity index (χ0) is 29.8. The molecule has 1 saturated heterocycles. The van der Waals surface area contributed by atoms with Crippen LogP contribution >= 0.6 is 0 Å². The van der Waals surface area contributed by atoms with Gasteiger partial charge >= 0.3 is 18.0 Å². The van der Waals surface area contributed by atoms with Crippen LogP contribution in [0.25, 0.3) is 0 Å². The molecule has 1 heterocycles. The van der Waals surface area contributed by atoms with E-state index in [1.807, 2.05) is 26.0 Å². The van der Waals surface area contributed by atoms with Crippen LogP contribution in [0, 0.1) is 0 Å². The lowest BCUT2D eigenvalue weighted by atomic mass is 9.97. The average molecular weight is 571 g/mol. The third-order valence-corrected chi connectivity index (χ3v) is 7.51. The van der Waals surface area contributed by atoms with Crippen molar-refractivity contribution in [3.63, 3.8) is 0 Å². The van der Waals surface area contributed by atoms with Gasteiger partial charge in [-0.25, -0.2) is 14.4 Å². The fourth-order valence-electron chi connectivity index (χ4n) is 5.07. The highest BCUT2D eigenvalue weighted by atomic mass is 16.5. The maximum absolute atomic E-state index is 13.6. The van der Waals surface area contributed by atoms with Crippen LogP contribution in [-0.2, 0) is 34.0 Å². The van der Waals surface area contributed by atoms with Gasteiger partial charge in [-0.15, -0.1) is 0 Å². The number of aliphatic carboxylic acids is 1. The molecule has 0 saturated carbocycles. The summed E-state index contributed by atoms with van der Waals surface area (Å²) >= 11 is 0. The van der Waals surface area contributed by atoms with E-state index in [2.05, 4.69) is 5.32 Å². The predicted octanol–water partition coefficient (Wildman–Crippen LogP) is 4.10. The molecule has 0 aliphatic carbocycles. The number of nitrogens with one attached hydrogen (secondary N) is 1. The minimum absolute atomic E-state index is 0.0309. The molecule has 1 fully saturated rings. The van der Waals surface area contributed by atoms with Crippen LogP contribution in [0.5, 0.6) is 5.75 Å². The van der Waals surface area contributed by atoms with Gasteiger partial charge in [-0.3, -0.25) is 0 Å². The van der Waals surface area contributed by atoms with Gasteiger partial charge in [0, 0.05) is 12.6 Å². The first-order valence-corrected chi connectivity index (χ1v) is 14.3. The Morgan fingerprint density at radius 2 is 1.78 bits per heavy atom. The number of aliphatic hydroxyl groups excluding tert-OH is 2. The molecule has 0 spiro atoms. The van der Waals surface area contributed by atoms with E-state index in [9.17, 15) is 24.6 Å². The van der Waals surface area contributed by atoms with Crippen LogP contribution in [0.15, 0.2) is 42.5 Å². The monoisotopic (exact) mass is 570 g/mol. The Bertz CT molecular complexity index is 1170. The van der Waals surface area contributed by atoms with Gasteiger partial charge in [0.15, 0.2) is 6.61 Å². The van der Waals surface area contributed by atoms with E-state index in [4.69, 9.17) is 14.6 Å². The van der Waals surface area contributed by atoms with Crippen molar-refractivity contribution in [1.82, 2.24) is 10.2 Å². The highest BCUT2D eigenvalue weighted by Crippen LogP contribution is 2.29. The van der Waals surface area contributed by atoms with Crippen molar-refractivity contribution in [2.75, 3.05) is 13.2 Å². The Kier molecular flexibility index (Phi) is 12.4. The highest BCUT2D eigenvalue weighted by Gasteiger charge is 2.35. The van der Waals surface area contributed by atoms with Gasteiger partial charge in [-0.1, -0.05) is 44.2 Å². The number of carbonyl (C=O) groups is 3. The summed E-state index contributed by atoms with van der Waals surface area (Å²) in [5.74, 6) is -1.25. The minimum atomic E-state index is -1.10. The standard InChI is InChI=1S/C31H42N2O8/c1-3-25(4-2)32-31(39)33-15-6-5-10-27(33)30(38)41-28(22-8-7-9-26(17-22)40-20-29(36)37)14-12-21-11-13-23(18-34)24(16-21)19-35/h7-9,11,13,16-17,25,27-28,34-35H,3-6,10,12,14-15,18-20H2,1-2H3,(H,32,39)(H,36,37)/t27-,28+/m0/s1. The van der Waals surface area contributed by atoms with Gasteiger partial charge in [0.25, 0.3) is 0 Å². The van der Waals surface area contributed by atoms with E-state index < -0.39 is 30.7 Å². The molecule has 4 N–H and O–H groups in total. The van der Waals surface area contributed by atoms with E-state index in [1.54, 1.807) is 35.2 Å². The zero-order valence-corrected chi connectivity index (χ0v) is 23.9. The van der Waals surface area contributed by atoms with Crippen LogP contribution in [0.2, 0.25) is 0 Å². The molecule has 2 atom stereocenters. The number of carboxylic acid groups (broad SMARTS) is 1. The van der Waals surface area contributed by atoms with Crippen LogP contribution in [0.4, 0.5) is 4.79 Å². The molecule has 224 valence electrons. The summed E-state index contributed by atoms with van der Waals surface area (Å²) in [4.78, 5) is 39.3. The summed E-state index contributed by atoms with van der Waals surface area (Å²) in [6.07, 6.45) is 3.91. The average Bonchev–Trinajstić information content (AvgIpc) is 3.00. The number of benzene rings is 2. The zero-order valence-electron chi connectivity index (χ0n) is 23.9. The molecule has 3 rings (SSSR count). The van der Waals surface area contributed by atoms with Crippen molar-refractivity contribution in [3.8, 4) is 5.75 Å². The van der Waals surface area contributed by atoms with Crippen molar-refractivity contribution in [1.29, 1.82) is 0 Å². The van der Waals surface area contributed by atoms with Crippen molar-refractivity contribution < 1.29 is 39.2 Å². The summed E-state index contributed by atoms with van der Waals surface area (Å²) in [5.41, 5.74) is 2.81. The van der Waals surface area contributed by atoms with E-state index in [-0.39, 0.29) is 25.3 Å². The third-order valence-electron chi connectivity index (χ3n) is 7.51. The van der Waals surface area contributed by atoms with Crippen molar-refractivity contribution in [2.24, 2.45) is 0 Å². The van der Waals surface area contributed by atoms with Gasteiger partial charge in [0.05, 0.1) is 13.2 Å². The molecule has 2 aromatic rings. The highest BCUT2D eigenvalue weighted by molar-refractivity contribution is 5.84. The van der Waals surface area contributed by atoms with Crippen LogP contribution in [0.3, 0.4) is 0 Å². The number of aliphatic hydroxyl groups is 2. The normalized spacial score (nSPS) is 15.8. The molecule has 10 heteroatoms. The van der Waals surface area contributed by atoms with Crippen LogP contribution in [-0.4, -0.2) is 63.4 Å². The Morgan fingerprint density at radius 3 is 2.46 bits per heavy atom. The first-order valence-electron chi connectivity index (χ1n) is 14.3. The number of nitrogens with zero attached hydrogens (tertiary/aromatic N) is 1. The summed E-state index contributed by atoms with van der Waals surface area (Å²) in [7, 11) is 0. The van der Waals surface area contributed by atoms with Crippen molar-refractivity contribution >= 4 is 18.0 Å². The number of esters is 1. The smallest absolute Gasteiger partial charge is 0.341 e. The molecule has 1 aliphatic heterocycles. The second kappa shape index (κ2) is 16.0. The number of aryl methyl sites for hydroxylation is 1. The van der Waals surface area contributed by atoms with Gasteiger partial charge in [0.1, 0.15) is 17.9 Å². The van der Waals surface area contributed by atoms with Crippen LogP contribution in [0.1, 0.15) is 80.7 Å². The second-order valence-electron chi connectivity index (χ2n) is 10.3. The van der Waals surface area contributed by atoms with E-state index in [0.717, 1.165) is 31.2 Å². The molecule has 41 heavy (non-hydrogen) atoms. The lowest BCUT2D eigenvalue weighted by molar-refractivity contribution is -0.156.